The number of ether oxygens (including phenoxy) is 2. The van der Waals surface area contributed by atoms with Crippen LogP contribution >= 0.6 is 38.6 Å². The fourth-order valence-corrected chi connectivity index (χ4v) is 5.18. The molecule has 0 aromatic carbocycles. The molecule has 0 spiro atoms. The second kappa shape index (κ2) is 9.69. The summed E-state index contributed by atoms with van der Waals surface area (Å²) in [5, 5.41) is 6.90. The molecule has 3 heterocycles. The summed E-state index contributed by atoms with van der Waals surface area (Å²) in [4.78, 5) is 29.3. The molecule has 150 valence electrons. The molecule has 6 nitrogen and oxygen atoms in total. The van der Waals surface area contributed by atoms with Gasteiger partial charge in [0.05, 0.1) is 18.2 Å². The molecule has 2 amide bonds. The number of urea groups is 1. The fourth-order valence-electron chi connectivity index (χ4n) is 2.98. The van der Waals surface area contributed by atoms with Gasteiger partial charge in [0, 0.05) is 39.0 Å². The van der Waals surface area contributed by atoms with Crippen LogP contribution in [-0.4, -0.2) is 43.8 Å². The smallest absolute Gasteiger partial charge is 0.338 e. The normalized spacial score (nSPS) is 17.0. The van der Waals surface area contributed by atoms with Gasteiger partial charge >= 0.3 is 12.0 Å². The van der Waals surface area contributed by atoms with E-state index in [4.69, 9.17) is 9.47 Å². The zero-order chi connectivity index (χ0) is 20.1. The van der Waals surface area contributed by atoms with E-state index >= 15 is 0 Å². The summed E-state index contributed by atoms with van der Waals surface area (Å²) in [6, 6.07) is 5.20. The third kappa shape index (κ3) is 4.83. The molecule has 3 rings (SSSR count). The minimum absolute atomic E-state index is 0.163. The number of hydrogen-bond donors (Lipinski definition) is 1. The average Bonchev–Trinajstić information content (AvgIpc) is 3.32. The van der Waals surface area contributed by atoms with Crippen molar-refractivity contribution in [3.05, 3.63) is 54.5 Å². The van der Waals surface area contributed by atoms with Crippen LogP contribution in [0.4, 0.5) is 4.79 Å². The Bertz CT molecular complexity index is 863. The second-order valence-corrected chi connectivity index (χ2v) is 9.05. The predicted octanol–water partition coefficient (Wildman–Crippen LogP) is 4.34. The zero-order valence-corrected chi connectivity index (χ0v) is 18.8. The van der Waals surface area contributed by atoms with Crippen LogP contribution in [0.2, 0.25) is 0 Å². The summed E-state index contributed by atoms with van der Waals surface area (Å²) in [6.45, 7) is 2.78. The van der Waals surface area contributed by atoms with Crippen LogP contribution < -0.4 is 5.32 Å². The molecule has 1 aliphatic rings. The van der Waals surface area contributed by atoms with Crippen molar-refractivity contribution in [2.75, 3.05) is 26.9 Å². The van der Waals surface area contributed by atoms with Crippen molar-refractivity contribution in [3.63, 3.8) is 0 Å². The molecule has 0 saturated heterocycles. The Hall–Kier alpha value is -1.68. The molecule has 28 heavy (non-hydrogen) atoms. The van der Waals surface area contributed by atoms with Gasteiger partial charge in [0.1, 0.15) is 6.61 Å². The van der Waals surface area contributed by atoms with E-state index < -0.39 is 12.0 Å². The Morgan fingerprint density at radius 1 is 1.36 bits per heavy atom. The van der Waals surface area contributed by atoms with E-state index in [1.165, 1.54) is 16.2 Å². The van der Waals surface area contributed by atoms with Gasteiger partial charge < -0.3 is 14.8 Å². The number of methoxy groups -OCH3 is 1. The Morgan fingerprint density at radius 3 is 2.82 bits per heavy atom. The number of allylic oxidation sites excluding steroid dienone is 1. The van der Waals surface area contributed by atoms with E-state index in [1.54, 1.807) is 30.3 Å². The number of esters is 1. The number of amides is 2. The standard InChI is InChI=1S/C19H21BrN2O4S2/c1-12-16(18(23)26-8-7-25-2)17(15-10-13(20)11-28-15)21-19(24)22(12)6-5-14-4-3-9-27-14/h3-4,9-11,17H,5-8H2,1-2H3,(H,21,24). The third-order valence-corrected chi connectivity index (χ3v) is 7.07. The van der Waals surface area contributed by atoms with E-state index in [1.807, 2.05) is 29.0 Å². The highest BCUT2D eigenvalue weighted by molar-refractivity contribution is 9.10. The van der Waals surface area contributed by atoms with Gasteiger partial charge in [-0.25, -0.2) is 9.59 Å². The van der Waals surface area contributed by atoms with Crippen LogP contribution in [0.3, 0.4) is 0 Å². The molecule has 1 aliphatic heterocycles. The molecule has 0 aliphatic carbocycles. The molecule has 2 aromatic heterocycles. The van der Waals surface area contributed by atoms with Crippen molar-refractivity contribution >= 4 is 50.6 Å². The van der Waals surface area contributed by atoms with Crippen molar-refractivity contribution in [2.45, 2.75) is 19.4 Å². The Balaban J connectivity index is 1.88. The van der Waals surface area contributed by atoms with Gasteiger partial charge in [0.2, 0.25) is 0 Å². The number of halogens is 1. The van der Waals surface area contributed by atoms with Crippen molar-refractivity contribution in [3.8, 4) is 0 Å². The van der Waals surface area contributed by atoms with E-state index in [0.29, 0.717) is 24.4 Å². The van der Waals surface area contributed by atoms with Crippen LogP contribution in [0.5, 0.6) is 0 Å². The van der Waals surface area contributed by atoms with Crippen LogP contribution in [0.15, 0.2) is 44.7 Å². The maximum Gasteiger partial charge on any atom is 0.338 e. The molecule has 1 unspecified atom stereocenters. The van der Waals surface area contributed by atoms with Crippen LogP contribution in [0.1, 0.15) is 22.7 Å². The Morgan fingerprint density at radius 2 is 2.18 bits per heavy atom. The minimum Gasteiger partial charge on any atom is -0.460 e. The fraction of sp³-hybridized carbons (Fsp3) is 0.368. The highest BCUT2D eigenvalue weighted by atomic mass is 79.9. The number of hydrogen-bond acceptors (Lipinski definition) is 6. The largest absolute Gasteiger partial charge is 0.460 e. The molecule has 1 N–H and O–H groups in total. The molecule has 9 heteroatoms. The Labute approximate surface area is 180 Å². The van der Waals surface area contributed by atoms with Gasteiger partial charge in [-0.05, 0) is 46.8 Å². The number of nitrogens with zero attached hydrogens (tertiary/aromatic N) is 1. The molecule has 0 saturated carbocycles. The predicted molar refractivity (Wildman–Crippen MR) is 114 cm³/mol. The number of rotatable bonds is 8. The average molecular weight is 485 g/mol. The highest BCUT2D eigenvalue weighted by Crippen LogP contribution is 2.35. The number of carbonyl (C=O) groups is 2. The van der Waals surface area contributed by atoms with E-state index in [-0.39, 0.29) is 12.6 Å². The summed E-state index contributed by atoms with van der Waals surface area (Å²) in [5.74, 6) is -0.440. The first-order valence-corrected chi connectivity index (χ1v) is 11.3. The summed E-state index contributed by atoms with van der Waals surface area (Å²) in [5.41, 5.74) is 1.08. The lowest BCUT2D eigenvalue weighted by Gasteiger charge is -2.34. The molecule has 1 atom stereocenters. The summed E-state index contributed by atoms with van der Waals surface area (Å²) in [6.07, 6.45) is 0.726. The van der Waals surface area contributed by atoms with E-state index in [9.17, 15) is 9.59 Å². The number of thiophene rings is 2. The topological polar surface area (TPSA) is 67.9 Å². The minimum atomic E-state index is -0.531. The molecular formula is C19H21BrN2O4S2. The lowest BCUT2D eigenvalue weighted by molar-refractivity contribution is -0.140. The van der Waals surface area contributed by atoms with Crippen molar-refractivity contribution in [2.24, 2.45) is 0 Å². The van der Waals surface area contributed by atoms with E-state index in [2.05, 4.69) is 21.2 Å². The zero-order valence-electron chi connectivity index (χ0n) is 15.6. The first-order valence-electron chi connectivity index (χ1n) is 8.72. The van der Waals surface area contributed by atoms with Gasteiger partial charge in [-0.15, -0.1) is 22.7 Å². The van der Waals surface area contributed by atoms with Crippen LogP contribution in [-0.2, 0) is 20.7 Å². The quantitative estimate of drug-likeness (QED) is 0.446. The third-order valence-electron chi connectivity index (χ3n) is 4.37. The lowest BCUT2D eigenvalue weighted by Crippen LogP contribution is -2.48. The van der Waals surface area contributed by atoms with Crippen molar-refractivity contribution < 1.29 is 19.1 Å². The molecule has 0 radical (unpaired) electrons. The molecular weight excluding hydrogens is 464 g/mol. The van der Waals surface area contributed by atoms with Gasteiger partial charge in [-0.3, -0.25) is 4.90 Å². The maximum atomic E-state index is 12.8. The Kier molecular flexibility index (Phi) is 7.28. The summed E-state index contributed by atoms with van der Waals surface area (Å²) >= 11 is 6.56. The SMILES string of the molecule is COCCOC(=O)C1=C(C)N(CCc2cccs2)C(=O)NC1c1cc(Br)cs1. The van der Waals surface area contributed by atoms with Crippen LogP contribution in [0.25, 0.3) is 0 Å². The first-order chi connectivity index (χ1) is 13.5. The van der Waals surface area contributed by atoms with Crippen molar-refractivity contribution in [1.82, 2.24) is 10.2 Å². The summed E-state index contributed by atoms with van der Waals surface area (Å²) < 4.78 is 11.3. The number of carbonyl (C=O) groups excluding carboxylic acids is 2. The lowest BCUT2D eigenvalue weighted by atomic mass is 10.0. The first kappa shape index (κ1) is 21.0. The number of nitrogens with one attached hydrogen (secondary N) is 1. The second-order valence-electron chi connectivity index (χ2n) is 6.16. The van der Waals surface area contributed by atoms with Crippen LogP contribution in [0, 0.1) is 0 Å². The highest BCUT2D eigenvalue weighted by Gasteiger charge is 2.37. The molecule has 0 bridgehead atoms. The molecule has 0 fully saturated rings. The van der Waals surface area contributed by atoms with Crippen molar-refractivity contribution in [1.29, 1.82) is 0 Å². The van der Waals surface area contributed by atoms with E-state index in [0.717, 1.165) is 15.8 Å². The molecule has 2 aromatic rings. The summed E-state index contributed by atoms with van der Waals surface area (Å²) in [7, 11) is 1.55. The maximum absolute atomic E-state index is 12.8. The van der Waals surface area contributed by atoms with Gasteiger partial charge in [-0.2, -0.15) is 0 Å². The van der Waals surface area contributed by atoms with Gasteiger partial charge in [0.25, 0.3) is 0 Å². The monoisotopic (exact) mass is 484 g/mol. The van der Waals surface area contributed by atoms with Gasteiger partial charge in [0.15, 0.2) is 0 Å². The van der Waals surface area contributed by atoms with Gasteiger partial charge in [-0.1, -0.05) is 6.07 Å².